The van der Waals surface area contributed by atoms with Crippen LogP contribution in [0.15, 0.2) is 48.5 Å². The van der Waals surface area contributed by atoms with E-state index in [1.54, 1.807) is 24.3 Å². The first kappa shape index (κ1) is 24.9. The van der Waals surface area contributed by atoms with E-state index < -0.39 is 17.1 Å². The Morgan fingerprint density at radius 1 is 1.16 bits per heavy atom. The molecular weight excluding hydrogens is 425 g/mol. The average Bonchev–Trinajstić information content (AvgIpc) is 2.71. The molecular formula is C18H17F3N4O6. The molecule has 2 aromatic rings. The van der Waals surface area contributed by atoms with Crippen molar-refractivity contribution in [3.63, 3.8) is 0 Å². The fourth-order valence-corrected chi connectivity index (χ4v) is 1.92. The van der Waals surface area contributed by atoms with Gasteiger partial charge in [-0.05, 0) is 24.3 Å². The Hall–Kier alpha value is -4.16. The highest BCUT2D eigenvalue weighted by Gasteiger charge is 2.38. The number of aliphatic carboxylic acids is 1. The van der Waals surface area contributed by atoms with Gasteiger partial charge in [0.1, 0.15) is 18.2 Å². The number of nitro benzene ring substituents is 1. The molecule has 0 saturated carbocycles. The highest BCUT2D eigenvalue weighted by atomic mass is 19.4. The molecule has 0 aliphatic carbocycles. The molecule has 0 heterocycles. The van der Waals surface area contributed by atoms with E-state index in [1.807, 2.05) is 0 Å². The number of amidine groups is 1. The van der Waals surface area contributed by atoms with E-state index in [1.165, 1.54) is 24.3 Å². The van der Waals surface area contributed by atoms with E-state index >= 15 is 0 Å². The molecule has 1 amide bonds. The number of benzene rings is 2. The lowest BCUT2D eigenvalue weighted by Gasteiger charge is -2.09. The van der Waals surface area contributed by atoms with Crippen LogP contribution < -0.4 is 15.8 Å². The maximum atomic E-state index is 11.9. The van der Waals surface area contributed by atoms with Gasteiger partial charge in [-0.15, -0.1) is 0 Å². The third-order valence-corrected chi connectivity index (χ3v) is 3.38. The smallest absolute Gasteiger partial charge is 0.490 e. The summed E-state index contributed by atoms with van der Waals surface area (Å²) < 4.78 is 37.2. The van der Waals surface area contributed by atoms with E-state index in [0.717, 1.165) is 0 Å². The predicted octanol–water partition coefficient (Wildman–Crippen LogP) is 2.32. The summed E-state index contributed by atoms with van der Waals surface area (Å²) >= 11 is 0. The second-order valence-corrected chi connectivity index (χ2v) is 5.65. The van der Waals surface area contributed by atoms with Crippen molar-refractivity contribution < 1.29 is 37.5 Å². The largest absolute Gasteiger partial charge is 0.492 e. The Kier molecular flexibility index (Phi) is 8.94. The topological polar surface area (TPSA) is 169 Å². The normalized spacial score (nSPS) is 10.3. The number of nitrogens with one attached hydrogen (secondary N) is 2. The van der Waals surface area contributed by atoms with E-state index in [2.05, 4.69) is 5.32 Å². The highest BCUT2D eigenvalue weighted by molar-refractivity contribution is 5.95. The number of carbonyl (C=O) groups is 2. The number of amides is 1. The van der Waals surface area contributed by atoms with Crippen molar-refractivity contribution in [2.75, 3.05) is 13.2 Å². The quantitative estimate of drug-likeness (QED) is 0.168. The van der Waals surface area contributed by atoms with Crippen molar-refractivity contribution in [3.8, 4) is 5.75 Å². The first-order valence-electron chi connectivity index (χ1n) is 8.32. The molecule has 5 N–H and O–H groups in total. The van der Waals surface area contributed by atoms with Gasteiger partial charge in [0.25, 0.3) is 11.6 Å². The number of carboxylic acid groups (broad SMARTS) is 1. The molecule has 31 heavy (non-hydrogen) atoms. The Labute approximate surface area is 173 Å². The second-order valence-electron chi connectivity index (χ2n) is 5.65. The van der Waals surface area contributed by atoms with Gasteiger partial charge >= 0.3 is 12.1 Å². The summed E-state index contributed by atoms with van der Waals surface area (Å²) in [6, 6.07) is 12.1. The number of nitrogens with two attached hydrogens (primary N) is 1. The van der Waals surface area contributed by atoms with Crippen LogP contribution in [0.2, 0.25) is 0 Å². The summed E-state index contributed by atoms with van der Waals surface area (Å²) in [6.45, 7) is 0.500. The number of carbonyl (C=O) groups excluding carboxylic acids is 1. The molecule has 0 saturated heterocycles. The number of nitrogens with zero attached hydrogens (tertiary/aromatic N) is 1. The summed E-state index contributed by atoms with van der Waals surface area (Å²) in [4.78, 5) is 30.8. The standard InChI is InChI=1S/C16H16N4O4.C2HF3O2/c17-15(18)12-2-1-3-14(10-12)24-9-8-19-16(21)11-4-6-13(7-5-11)20(22)23;3-2(4,5)1(6)7/h1-7,10H,8-9H2,(H3,17,18)(H,19,21);(H,6,7). The Morgan fingerprint density at radius 2 is 1.74 bits per heavy atom. The zero-order chi connectivity index (χ0) is 23.6. The number of hydrogen-bond donors (Lipinski definition) is 4. The minimum atomic E-state index is -5.08. The van der Waals surface area contributed by atoms with Crippen molar-refractivity contribution >= 4 is 23.4 Å². The van der Waals surface area contributed by atoms with Crippen LogP contribution in [0.5, 0.6) is 5.75 Å². The van der Waals surface area contributed by atoms with E-state index in [0.29, 0.717) is 16.9 Å². The van der Waals surface area contributed by atoms with Crippen molar-refractivity contribution in [3.05, 3.63) is 69.8 Å². The third-order valence-electron chi connectivity index (χ3n) is 3.38. The Morgan fingerprint density at radius 3 is 2.23 bits per heavy atom. The molecule has 2 aromatic carbocycles. The van der Waals surface area contributed by atoms with Gasteiger partial charge in [-0.25, -0.2) is 4.79 Å². The predicted molar refractivity (Wildman–Crippen MR) is 102 cm³/mol. The first-order chi connectivity index (χ1) is 14.4. The molecule has 0 spiro atoms. The van der Waals surface area contributed by atoms with Crippen LogP contribution in [0.3, 0.4) is 0 Å². The maximum absolute atomic E-state index is 11.9. The minimum absolute atomic E-state index is 0.0491. The molecule has 0 aliphatic rings. The lowest BCUT2D eigenvalue weighted by atomic mass is 10.2. The van der Waals surface area contributed by atoms with Crippen molar-refractivity contribution in [2.45, 2.75) is 6.18 Å². The molecule has 166 valence electrons. The number of non-ortho nitro benzene ring substituents is 1. The van der Waals surface area contributed by atoms with Crippen LogP contribution in [-0.2, 0) is 4.79 Å². The first-order valence-corrected chi connectivity index (χ1v) is 8.32. The molecule has 0 radical (unpaired) electrons. The minimum Gasteiger partial charge on any atom is -0.492 e. The highest BCUT2D eigenvalue weighted by Crippen LogP contribution is 2.14. The van der Waals surface area contributed by atoms with Gasteiger partial charge in [-0.1, -0.05) is 12.1 Å². The van der Waals surface area contributed by atoms with Crippen LogP contribution in [0.25, 0.3) is 0 Å². The molecule has 2 rings (SSSR count). The fourth-order valence-electron chi connectivity index (χ4n) is 1.92. The summed E-state index contributed by atoms with van der Waals surface area (Å²) in [5.74, 6) is -2.60. The van der Waals surface area contributed by atoms with Gasteiger partial charge < -0.3 is 20.9 Å². The average molecular weight is 442 g/mol. The summed E-state index contributed by atoms with van der Waals surface area (Å²) in [7, 11) is 0. The van der Waals surface area contributed by atoms with Crippen LogP contribution in [0.1, 0.15) is 15.9 Å². The molecule has 0 bridgehead atoms. The van der Waals surface area contributed by atoms with Gasteiger partial charge in [0.15, 0.2) is 0 Å². The molecule has 13 heteroatoms. The zero-order valence-corrected chi connectivity index (χ0v) is 15.7. The molecule has 0 aromatic heterocycles. The number of ether oxygens (including phenoxy) is 1. The fraction of sp³-hybridized carbons (Fsp3) is 0.167. The molecule has 0 fully saturated rings. The van der Waals surface area contributed by atoms with E-state index in [9.17, 15) is 28.1 Å². The van der Waals surface area contributed by atoms with Crippen LogP contribution in [0, 0.1) is 15.5 Å². The van der Waals surface area contributed by atoms with Gasteiger partial charge in [-0.2, -0.15) is 13.2 Å². The summed E-state index contributed by atoms with van der Waals surface area (Å²) in [6.07, 6.45) is -5.08. The van der Waals surface area contributed by atoms with E-state index in [-0.39, 0.29) is 30.6 Å². The molecule has 10 nitrogen and oxygen atoms in total. The van der Waals surface area contributed by atoms with Crippen LogP contribution in [0.4, 0.5) is 18.9 Å². The number of hydrogen-bond acceptors (Lipinski definition) is 6. The number of alkyl halides is 3. The number of nitrogen functional groups attached to an aromatic ring is 1. The maximum Gasteiger partial charge on any atom is 0.490 e. The lowest BCUT2D eigenvalue weighted by Crippen LogP contribution is -2.28. The molecule has 0 atom stereocenters. The van der Waals surface area contributed by atoms with E-state index in [4.69, 9.17) is 25.8 Å². The zero-order valence-electron chi connectivity index (χ0n) is 15.7. The van der Waals surface area contributed by atoms with Crippen molar-refractivity contribution in [1.82, 2.24) is 5.32 Å². The molecule has 0 unspecified atom stereocenters. The van der Waals surface area contributed by atoms with Gasteiger partial charge in [-0.3, -0.25) is 20.3 Å². The SMILES string of the molecule is N=C(N)c1cccc(OCCNC(=O)c2ccc([N+](=O)[O-])cc2)c1.O=C(O)C(F)(F)F. The monoisotopic (exact) mass is 442 g/mol. The number of halogens is 3. The van der Waals surface area contributed by atoms with Crippen LogP contribution in [-0.4, -0.2) is 47.1 Å². The Balaban J connectivity index is 0.000000592. The number of carboxylic acids is 1. The van der Waals surface area contributed by atoms with Crippen molar-refractivity contribution in [2.24, 2.45) is 5.73 Å². The van der Waals surface area contributed by atoms with Crippen molar-refractivity contribution in [1.29, 1.82) is 5.41 Å². The summed E-state index contributed by atoms with van der Waals surface area (Å²) in [5.41, 5.74) is 6.22. The lowest BCUT2D eigenvalue weighted by molar-refractivity contribution is -0.384. The Bertz CT molecular complexity index is 948. The van der Waals surface area contributed by atoms with Gasteiger partial charge in [0.05, 0.1) is 11.5 Å². The van der Waals surface area contributed by atoms with Gasteiger partial charge in [0, 0.05) is 23.3 Å². The second kappa shape index (κ2) is 11.1. The van der Waals surface area contributed by atoms with Gasteiger partial charge in [0.2, 0.25) is 0 Å². The van der Waals surface area contributed by atoms with Crippen LogP contribution >= 0.6 is 0 Å². The molecule has 0 aliphatic heterocycles. The number of rotatable bonds is 7. The third kappa shape index (κ3) is 8.81. The number of nitro groups is 1. The summed E-state index contributed by atoms with van der Waals surface area (Å²) in [5, 5.41) is 27.7.